The zero-order valence-electron chi connectivity index (χ0n) is 15.5. The minimum Gasteiger partial charge on any atom is -0.496 e. The highest BCUT2D eigenvalue weighted by atomic mass is 35.5. The number of carbonyl (C=O) groups excluding carboxylic acids is 2. The smallest absolute Gasteiger partial charge is 0.234 e. The molecule has 2 amide bonds. The van der Waals surface area contributed by atoms with Crippen LogP contribution in [0, 0.1) is 6.92 Å². The SMILES string of the molecule is COc1ccc(C)cc1[C@H](C)NC(=O)CSCC(=O)Nc1ccc(Cl)cc1. The van der Waals surface area contributed by atoms with Gasteiger partial charge in [0.15, 0.2) is 0 Å². The van der Waals surface area contributed by atoms with Crippen LogP contribution in [0.15, 0.2) is 42.5 Å². The number of ether oxygens (including phenoxy) is 1. The molecule has 2 aromatic carbocycles. The van der Waals surface area contributed by atoms with E-state index in [0.29, 0.717) is 10.7 Å². The number of rotatable bonds is 8. The number of halogens is 1. The highest BCUT2D eigenvalue weighted by Crippen LogP contribution is 2.26. The first-order valence-electron chi connectivity index (χ1n) is 8.46. The molecule has 0 aliphatic rings. The number of benzene rings is 2. The Hall–Kier alpha value is -2.18. The van der Waals surface area contributed by atoms with Gasteiger partial charge in [-0.1, -0.05) is 29.3 Å². The van der Waals surface area contributed by atoms with Crippen molar-refractivity contribution in [3.05, 3.63) is 58.6 Å². The quantitative estimate of drug-likeness (QED) is 0.689. The van der Waals surface area contributed by atoms with Crippen molar-refractivity contribution in [2.75, 3.05) is 23.9 Å². The summed E-state index contributed by atoms with van der Waals surface area (Å²) < 4.78 is 5.36. The Morgan fingerprint density at radius 3 is 2.44 bits per heavy atom. The highest BCUT2D eigenvalue weighted by Gasteiger charge is 2.15. The topological polar surface area (TPSA) is 67.4 Å². The molecule has 2 rings (SSSR count). The van der Waals surface area contributed by atoms with Gasteiger partial charge in [-0.05, 0) is 44.2 Å². The average Bonchev–Trinajstić information content (AvgIpc) is 2.63. The Morgan fingerprint density at radius 2 is 1.78 bits per heavy atom. The Bertz CT molecular complexity index is 796. The van der Waals surface area contributed by atoms with Crippen LogP contribution in [0.2, 0.25) is 5.02 Å². The molecular formula is C20H23ClN2O3S. The van der Waals surface area contributed by atoms with E-state index in [-0.39, 0.29) is 29.4 Å². The lowest BCUT2D eigenvalue weighted by atomic mass is 10.0. The molecule has 0 aliphatic heterocycles. The summed E-state index contributed by atoms with van der Waals surface area (Å²) in [5.41, 5.74) is 2.70. The number of hydrogen-bond acceptors (Lipinski definition) is 4. The Balaban J connectivity index is 1.78. The first-order valence-corrected chi connectivity index (χ1v) is 9.99. The van der Waals surface area contributed by atoms with E-state index in [1.807, 2.05) is 32.0 Å². The van der Waals surface area contributed by atoms with Crippen LogP contribution in [0.5, 0.6) is 5.75 Å². The first kappa shape index (κ1) is 21.1. The lowest BCUT2D eigenvalue weighted by Gasteiger charge is -2.18. The van der Waals surface area contributed by atoms with Crippen molar-refractivity contribution in [1.29, 1.82) is 0 Å². The molecular weight excluding hydrogens is 384 g/mol. The van der Waals surface area contributed by atoms with Gasteiger partial charge >= 0.3 is 0 Å². The van der Waals surface area contributed by atoms with Crippen molar-refractivity contribution in [3.8, 4) is 5.75 Å². The van der Waals surface area contributed by atoms with Gasteiger partial charge in [0.1, 0.15) is 5.75 Å². The largest absolute Gasteiger partial charge is 0.496 e. The van der Waals surface area contributed by atoms with Gasteiger partial charge in [0, 0.05) is 16.3 Å². The number of thioether (sulfide) groups is 1. The molecule has 0 saturated heterocycles. The molecule has 1 atom stereocenters. The van der Waals surface area contributed by atoms with Crippen LogP contribution in [0.3, 0.4) is 0 Å². The minimum atomic E-state index is -0.184. The average molecular weight is 407 g/mol. The van der Waals surface area contributed by atoms with Crippen molar-refractivity contribution < 1.29 is 14.3 Å². The molecule has 27 heavy (non-hydrogen) atoms. The van der Waals surface area contributed by atoms with Gasteiger partial charge in [-0.15, -0.1) is 11.8 Å². The second-order valence-electron chi connectivity index (χ2n) is 6.08. The van der Waals surface area contributed by atoms with Crippen LogP contribution in [-0.2, 0) is 9.59 Å². The number of anilines is 1. The molecule has 2 aromatic rings. The molecule has 0 aromatic heterocycles. The van der Waals surface area contributed by atoms with Gasteiger partial charge in [0.2, 0.25) is 11.8 Å². The number of hydrogen-bond donors (Lipinski definition) is 2. The number of aryl methyl sites for hydroxylation is 1. The molecule has 5 nitrogen and oxygen atoms in total. The zero-order valence-corrected chi connectivity index (χ0v) is 17.1. The summed E-state index contributed by atoms with van der Waals surface area (Å²) >= 11 is 7.07. The van der Waals surface area contributed by atoms with Crippen LogP contribution < -0.4 is 15.4 Å². The van der Waals surface area contributed by atoms with E-state index in [2.05, 4.69) is 10.6 Å². The zero-order chi connectivity index (χ0) is 19.8. The normalized spacial score (nSPS) is 11.6. The third-order valence-corrected chi connectivity index (χ3v) is 5.01. The Kier molecular flexibility index (Phi) is 8.00. The fourth-order valence-corrected chi connectivity index (χ4v) is 3.27. The fraction of sp³-hybridized carbons (Fsp3) is 0.300. The molecule has 0 saturated carbocycles. The van der Waals surface area contributed by atoms with E-state index in [1.165, 1.54) is 11.8 Å². The third kappa shape index (κ3) is 6.81. The van der Waals surface area contributed by atoms with Crippen molar-refractivity contribution in [1.82, 2.24) is 5.32 Å². The second-order valence-corrected chi connectivity index (χ2v) is 7.50. The predicted molar refractivity (Wildman–Crippen MR) is 112 cm³/mol. The summed E-state index contributed by atoms with van der Waals surface area (Å²) in [5, 5.41) is 6.32. The maximum Gasteiger partial charge on any atom is 0.234 e. The van der Waals surface area contributed by atoms with E-state index in [1.54, 1.807) is 31.4 Å². The van der Waals surface area contributed by atoms with Crippen molar-refractivity contribution in [2.24, 2.45) is 0 Å². The lowest BCUT2D eigenvalue weighted by molar-refractivity contribution is -0.119. The van der Waals surface area contributed by atoms with Gasteiger partial charge in [-0.3, -0.25) is 9.59 Å². The molecule has 0 radical (unpaired) electrons. The van der Waals surface area contributed by atoms with Gasteiger partial charge < -0.3 is 15.4 Å². The second kappa shape index (κ2) is 10.2. The highest BCUT2D eigenvalue weighted by molar-refractivity contribution is 8.00. The molecule has 0 aliphatic carbocycles. The van der Waals surface area contributed by atoms with E-state index in [9.17, 15) is 9.59 Å². The molecule has 144 valence electrons. The van der Waals surface area contributed by atoms with Crippen LogP contribution >= 0.6 is 23.4 Å². The van der Waals surface area contributed by atoms with Crippen molar-refractivity contribution >= 4 is 40.9 Å². The van der Waals surface area contributed by atoms with E-state index in [4.69, 9.17) is 16.3 Å². The number of amides is 2. The number of nitrogens with one attached hydrogen (secondary N) is 2. The molecule has 0 unspecified atom stereocenters. The van der Waals surface area contributed by atoms with Crippen LogP contribution in [0.1, 0.15) is 24.1 Å². The van der Waals surface area contributed by atoms with Crippen LogP contribution in [0.25, 0.3) is 0 Å². The Morgan fingerprint density at radius 1 is 1.11 bits per heavy atom. The standard InChI is InChI=1S/C20H23ClN2O3S/c1-13-4-9-18(26-3)17(10-13)14(2)22-19(24)11-27-12-20(25)23-16-7-5-15(21)6-8-16/h4-10,14H,11-12H2,1-3H3,(H,22,24)(H,23,25)/t14-/m0/s1. The summed E-state index contributed by atoms with van der Waals surface area (Å²) in [7, 11) is 1.61. The summed E-state index contributed by atoms with van der Waals surface area (Å²) in [6, 6.07) is 12.5. The Labute approximate surface area is 168 Å². The van der Waals surface area contributed by atoms with E-state index >= 15 is 0 Å². The van der Waals surface area contributed by atoms with Gasteiger partial charge in [0.05, 0.1) is 24.7 Å². The van der Waals surface area contributed by atoms with Crippen LogP contribution in [0.4, 0.5) is 5.69 Å². The molecule has 0 heterocycles. The van der Waals surface area contributed by atoms with Crippen LogP contribution in [-0.4, -0.2) is 30.4 Å². The summed E-state index contributed by atoms with van der Waals surface area (Å²) in [4.78, 5) is 24.1. The van der Waals surface area contributed by atoms with E-state index < -0.39 is 0 Å². The maximum absolute atomic E-state index is 12.2. The molecule has 0 bridgehead atoms. The van der Waals surface area contributed by atoms with Crippen molar-refractivity contribution in [2.45, 2.75) is 19.9 Å². The number of methoxy groups -OCH3 is 1. The lowest BCUT2D eigenvalue weighted by Crippen LogP contribution is -2.29. The monoisotopic (exact) mass is 406 g/mol. The molecule has 0 spiro atoms. The minimum absolute atomic E-state index is 0.129. The van der Waals surface area contributed by atoms with Gasteiger partial charge in [-0.25, -0.2) is 0 Å². The van der Waals surface area contributed by atoms with Crippen molar-refractivity contribution in [3.63, 3.8) is 0 Å². The van der Waals surface area contributed by atoms with E-state index in [0.717, 1.165) is 16.9 Å². The first-order chi connectivity index (χ1) is 12.9. The molecule has 7 heteroatoms. The summed E-state index contributed by atoms with van der Waals surface area (Å²) in [6.07, 6.45) is 0. The summed E-state index contributed by atoms with van der Waals surface area (Å²) in [5.74, 6) is 0.840. The fourth-order valence-electron chi connectivity index (χ4n) is 2.52. The molecule has 2 N–H and O–H groups in total. The predicted octanol–water partition coefficient (Wildman–Crippen LogP) is 4.21. The molecule has 0 fully saturated rings. The third-order valence-electron chi connectivity index (χ3n) is 3.82. The van der Waals surface area contributed by atoms with Gasteiger partial charge in [-0.2, -0.15) is 0 Å². The summed E-state index contributed by atoms with van der Waals surface area (Å²) in [6.45, 7) is 3.90. The maximum atomic E-state index is 12.2. The van der Waals surface area contributed by atoms with Gasteiger partial charge in [0.25, 0.3) is 0 Å². The number of carbonyl (C=O) groups is 2.